The van der Waals surface area contributed by atoms with Gasteiger partial charge < -0.3 is 9.47 Å². The average Bonchev–Trinajstić information content (AvgIpc) is 2.63. The van der Waals surface area contributed by atoms with Gasteiger partial charge in [0.25, 0.3) is 0 Å². The molecule has 0 aromatic heterocycles. The van der Waals surface area contributed by atoms with Gasteiger partial charge in [-0.05, 0) is 24.1 Å². The molecular formula is C17H14F5NO2. The molecule has 25 heavy (non-hydrogen) atoms. The Balaban J connectivity index is 2.13. The molecule has 3 nitrogen and oxygen atoms in total. The Labute approximate surface area is 140 Å². The summed E-state index contributed by atoms with van der Waals surface area (Å²) in [5.41, 5.74) is -0.268. The highest BCUT2D eigenvalue weighted by molar-refractivity contribution is 5.80. The molecule has 2 rings (SSSR count). The van der Waals surface area contributed by atoms with E-state index >= 15 is 0 Å². The largest absolute Gasteiger partial charge is 0.493 e. The van der Waals surface area contributed by atoms with Crippen molar-refractivity contribution in [1.29, 1.82) is 0 Å². The Morgan fingerprint density at radius 1 is 0.840 bits per heavy atom. The maximum Gasteiger partial charge on any atom is 0.200 e. The normalized spacial score (nSPS) is 11.2. The Bertz CT molecular complexity index is 779. The first kappa shape index (κ1) is 18.7. The van der Waals surface area contributed by atoms with Crippen molar-refractivity contribution in [2.75, 3.05) is 20.8 Å². The summed E-state index contributed by atoms with van der Waals surface area (Å²) in [7, 11) is 2.97. The van der Waals surface area contributed by atoms with Crippen molar-refractivity contribution in [3.05, 3.63) is 58.4 Å². The van der Waals surface area contributed by atoms with Gasteiger partial charge in [0.05, 0.1) is 19.8 Å². The third-order valence-corrected chi connectivity index (χ3v) is 3.44. The van der Waals surface area contributed by atoms with E-state index in [-0.39, 0.29) is 6.54 Å². The van der Waals surface area contributed by atoms with Crippen LogP contribution in [-0.4, -0.2) is 27.0 Å². The highest BCUT2D eigenvalue weighted by atomic mass is 19.2. The first-order valence-corrected chi connectivity index (χ1v) is 7.12. The number of nitrogens with zero attached hydrogens (tertiary/aromatic N) is 1. The van der Waals surface area contributed by atoms with Gasteiger partial charge in [-0.3, -0.25) is 4.99 Å². The standard InChI is InChI=1S/C17H14F5NO2/c1-24-11-4-3-9(7-12(11)25-2)5-6-23-8-10-13(18)15(20)17(22)16(21)14(10)19/h3-4,7-8H,5-6H2,1-2H3. The van der Waals surface area contributed by atoms with Crippen molar-refractivity contribution < 1.29 is 31.4 Å². The number of aliphatic imine (C=N–C) groups is 1. The molecule has 0 aliphatic rings. The Kier molecular flexibility index (Phi) is 5.95. The fourth-order valence-corrected chi connectivity index (χ4v) is 2.12. The van der Waals surface area contributed by atoms with Crippen molar-refractivity contribution in [3.63, 3.8) is 0 Å². The van der Waals surface area contributed by atoms with Gasteiger partial charge in [0.1, 0.15) is 0 Å². The number of rotatable bonds is 6. The second-order valence-electron chi connectivity index (χ2n) is 4.96. The molecular weight excluding hydrogens is 345 g/mol. The molecule has 0 heterocycles. The van der Waals surface area contributed by atoms with E-state index in [1.807, 2.05) is 0 Å². The predicted molar refractivity (Wildman–Crippen MR) is 81.9 cm³/mol. The highest BCUT2D eigenvalue weighted by Gasteiger charge is 2.24. The van der Waals surface area contributed by atoms with Crippen LogP contribution in [0.4, 0.5) is 22.0 Å². The first-order chi connectivity index (χ1) is 11.9. The van der Waals surface area contributed by atoms with Gasteiger partial charge in [0.2, 0.25) is 5.82 Å². The minimum atomic E-state index is -2.20. The number of ether oxygens (including phenoxy) is 2. The average molecular weight is 359 g/mol. The van der Waals surface area contributed by atoms with Crippen LogP contribution in [-0.2, 0) is 6.42 Å². The maximum atomic E-state index is 13.5. The summed E-state index contributed by atoms with van der Waals surface area (Å²) in [4.78, 5) is 3.74. The van der Waals surface area contributed by atoms with Crippen molar-refractivity contribution in [2.45, 2.75) is 6.42 Å². The van der Waals surface area contributed by atoms with E-state index in [0.29, 0.717) is 24.1 Å². The van der Waals surface area contributed by atoms with Crippen LogP contribution in [0.25, 0.3) is 0 Å². The van der Waals surface area contributed by atoms with Crippen molar-refractivity contribution in [2.24, 2.45) is 4.99 Å². The molecule has 0 aliphatic carbocycles. The summed E-state index contributed by atoms with van der Waals surface area (Å²) in [6, 6.07) is 5.13. The lowest BCUT2D eigenvalue weighted by atomic mass is 10.1. The van der Waals surface area contributed by atoms with Crippen LogP contribution < -0.4 is 9.47 Å². The topological polar surface area (TPSA) is 30.8 Å². The third-order valence-electron chi connectivity index (χ3n) is 3.44. The first-order valence-electron chi connectivity index (χ1n) is 7.12. The SMILES string of the molecule is COc1ccc(CCN=Cc2c(F)c(F)c(F)c(F)c2F)cc1OC. The fraction of sp³-hybridized carbons (Fsp3) is 0.235. The Morgan fingerprint density at radius 2 is 1.40 bits per heavy atom. The quantitative estimate of drug-likeness (QED) is 0.337. The molecule has 0 spiro atoms. The summed E-state index contributed by atoms with van der Waals surface area (Å²) in [5.74, 6) is -8.98. The molecule has 0 atom stereocenters. The summed E-state index contributed by atoms with van der Waals surface area (Å²) in [6.45, 7) is 0.0784. The van der Waals surface area contributed by atoms with Gasteiger partial charge in [-0.2, -0.15) is 0 Å². The molecule has 0 radical (unpaired) electrons. The van der Waals surface area contributed by atoms with Crippen LogP contribution in [0.5, 0.6) is 11.5 Å². The number of hydrogen-bond acceptors (Lipinski definition) is 3. The number of methoxy groups -OCH3 is 2. The molecule has 0 aliphatic heterocycles. The Hall–Kier alpha value is -2.64. The lowest BCUT2D eigenvalue weighted by Crippen LogP contribution is -2.07. The molecule has 134 valence electrons. The highest BCUT2D eigenvalue weighted by Crippen LogP contribution is 2.27. The smallest absolute Gasteiger partial charge is 0.200 e. The molecule has 0 unspecified atom stereocenters. The molecule has 2 aromatic rings. The van der Waals surface area contributed by atoms with Crippen LogP contribution in [0, 0.1) is 29.1 Å². The molecule has 0 saturated carbocycles. The third kappa shape index (κ3) is 3.89. The van der Waals surface area contributed by atoms with Crippen LogP contribution in [0.2, 0.25) is 0 Å². The van der Waals surface area contributed by atoms with E-state index in [0.717, 1.165) is 5.56 Å². The van der Waals surface area contributed by atoms with Crippen LogP contribution >= 0.6 is 0 Å². The number of halogens is 5. The second kappa shape index (κ2) is 7.96. The van der Waals surface area contributed by atoms with Gasteiger partial charge >= 0.3 is 0 Å². The van der Waals surface area contributed by atoms with Gasteiger partial charge in [0, 0.05) is 12.8 Å². The van der Waals surface area contributed by atoms with Gasteiger partial charge in [-0.15, -0.1) is 0 Å². The number of benzene rings is 2. The minimum Gasteiger partial charge on any atom is -0.493 e. The van der Waals surface area contributed by atoms with Crippen molar-refractivity contribution >= 4 is 6.21 Å². The zero-order chi connectivity index (χ0) is 18.6. The molecule has 8 heteroatoms. The van der Waals surface area contributed by atoms with E-state index in [1.165, 1.54) is 14.2 Å². The van der Waals surface area contributed by atoms with Crippen molar-refractivity contribution in [1.82, 2.24) is 0 Å². The Morgan fingerprint density at radius 3 is 1.96 bits per heavy atom. The van der Waals surface area contributed by atoms with Gasteiger partial charge in [-0.1, -0.05) is 6.07 Å². The van der Waals surface area contributed by atoms with Gasteiger partial charge in [0.15, 0.2) is 34.8 Å². The summed E-state index contributed by atoms with van der Waals surface area (Å²) in [6.07, 6.45) is 1.00. The van der Waals surface area contributed by atoms with Crippen LogP contribution in [0.15, 0.2) is 23.2 Å². The van der Waals surface area contributed by atoms with Crippen LogP contribution in [0.1, 0.15) is 11.1 Å². The molecule has 0 N–H and O–H groups in total. The molecule has 0 amide bonds. The minimum absolute atomic E-state index is 0.0784. The van der Waals surface area contributed by atoms with E-state index in [1.54, 1.807) is 18.2 Å². The van der Waals surface area contributed by atoms with E-state index in [2.05, 4.69) is 4.99 Å². The molecule has 0 bridgehead atoms. The zero-order valence-corrected chi connectivity index (χ0v) is 13.4. The predicted octanol–water partition coefficient (Wildman–Crippen LogP) is 4.06. The van der Waals surface area contributed by atoms with Crippen LogP contribution in [0.3, 0.4) is 0 Å². The summed E-state index contributed by atoms with van der Waals surface area (Å²) in [5, 5.41) is 0. The number of hydrogen-bond donors (Lipinski definition) is 0. The molecule has 0 saturated heterocycles. The van der Waals surface area contributed by atoms with E-state index in [9.17, 15) is 22.0 Å². The summed E-state index contributed by atoms with van der Waals surface area (Å²) >= 11 is 0. The van der Waals surface area contributed by atoms with Gasteiger partial charge in [-0.25, -0.2) is 22.0 Å². The molecule has 0 fully saturated rings. The molecule has 2 aromatic carbocycles. The maximum absolute atomic E-state index is 13.5. The van der Waals surface area contributed by atoms with Crippen molar-refractivity contribution in [3.8, 4) is 11.5 Å². The summed E-state index contributed by atoms with van der Waals surface area (Å²) < 4.78 is 76.3. The van der Waals surface area contributed by atoms with E-state index < -0.39 is 34.6 Å². The lowest BCUT2D eigenvalue weighted by molar-refractivity contribution is 0.354. The van der Waals surface area contributed by atoms with E-state index in [4.69, 9.17) is 9.47 Å². The second-order valence-corrected chi connectivity index (χ2v) is 4.96. The fourth-order valence-electron chi connectivity index (χ4n) is 2.12. The monoisotopic (exact) mass is 359 g/mol. The zero-order valence-electron chi connectivity index (χ0n) is 13.4. The lowest BCUT2D eigenvalue weighted by Gasteiger charge is -2.08.